The SMILES string of the molecule is Cc1cc(NCCCCCCNc2cc(C)nc3cc([N+](=O)[O-])ccc23)c2ccc([N+](=O)[O-])cc2n1.Cl.Cl. The van der Waals surface area contributed by atoms with E-state index in [1.807, 2.05) is 26.0 Å². The van der Waals surface area contributed by atoms with Gasteiger partial charge in [-0.3, -0.25) is 30.2 Å². The summed E-state index contributed by atoms with van der Waals surface area (Å²) in [4.78, 5) is 30.2. The Hall–Kier alpha value is -3.76. The van der Waals surface area contributed by atoms with Crippen molar-refractivity contribution in [2.45, 2.75) is 39.5 Å². The van der Waals surface area contributed by atoms with Crippen LogP contribution in [0, 0.1) is 34.1 Å². The zero-order valence-electron chi connectivity index (χ0n) is 21.1. The Morgan fingerprint density at radius 1 is 0.658 bits per heavy atom. The summed E-state index contributed by atoms with van der Waals surface area (Å²) < 4.78 is 0. The minimum absolute atomic E-state index is 0. The number of nitro groups is 2. The Labute approximate surface area is 232 Å². The van der Waals surface area contributed by atoms with Crippen LogP contribution in [0.1, 0.15) is 37.1 Å². The number of hydrogen-bond acceptors (Lipinski definition) is 8. The van der Waals surface area contributed by atoms with Crippen molar-refractivity contribution in [2.75, 3.05) is 23.7 Å². The summed E-state index contributed by atoms with van der Waals surface area (Å²) in [5.41, 5.74) is 4.81. The molecule has 0 radical (unpaired) electrons. The van der Waals surface area contributed by atoms with E-state index in [1.165, 1.54) is 24.3 Å². The molecule has 0 unspecified atom stereocenters. The number of aryl methyl sites for hydroxylation is 2. The van der Waals surface area contributed by atoms with Crippen LogP contribution in [-0.2, 0) is 0 Å². The zero-order chi connectivity index (χ0) is 25.7. The van der Waals surface area contributed by atoms with Gasteiger partial charge < -0.3 is 10.6 Å². The summed E-state index contributed by atoms with van der Waals surface area (Å²) in [6.07, 6.45) is 4.11. The molecule has 2 heterocycles. The molecule has 2 aromatic heterocycles. The number of pyridine rings is 2. The number of hydrogen-bond donors (Lipinski definition) is 2. The Bertz CT molecular complexity index is 1340. The van der Waals surface area contributed by atoms with E-state index in [0.29, 0.717) is 11.0 Å². The van der Waals surface area contributed by atoms with Crippen LogP contribution >= 0.6 is 24.8 Å². The molecular weight excluding hydrogens is 531 g/mol. The average molecular weight is 561 g/mol. The smallest absolute Gasteiger partial charge is 0.271 e. The third kappa shape index (κ3) is 7.39. The predicted molar refractivity (Wildman–Crippen MR) is 156 cm³/mol. The minimum Gasteiger partial charge on any atom is -0.384 e. The van der Waals surface area contributed by atoms with Gasteiger partial charge in [0.1, 0.15) is 0 Å². The van der Waals surface area contributed by atoms with Crippen molar-refractivity contribution in [1.29, 1.82) is 0 Å². The van der Waals surface area contributed by atoms with Crippen LogP contribution in [0.25, 0.3) is 21.8 Å². The number of anilines is 2. The summed E-state index contributed by atoms with van der Waals surface area (Å²) in [7, 11) is 0. The fraction of sp³-hybridized carbons (Fsp3) is 0.308. The van der Waals surface area contributed by atoms with E-state index in [0.717, 1.165) is 72.3 Å². The number of benzene rings is 2. The van der Waals surface area contributed by atoms with E-state index in [-0.39, 0.29) is 36.2 Å². The Kier molecular flexibility index (Phi) is 11.0. The molecule has 4 rings (SSSR count). The van der Waals surface area contributed by atoms with Crippen LogP contribution in [-0.4, -0.2) is 32.9 Å². The van der Waals surface area contributed by atoms with Crippen molar-refractivity contribution in [2.24, 2.45) is 0 Å². The second kappa shape index (κ2) is 13.7. The highest BCUT2D eigenvalue weighted by Crippen LogP contribution is 2.28. The van der Waals surface area contributed by atoms with Gasteiger partial charge in [0.05, 0.1) is 20.9 Å². The van der Waals surface area contributed by atoms with Crippen LogP contribution in [0.3, 0.4) is 0 Å². The molecule has 202 valence electrons. The molecule has 10 nitrogen and oxygen atoms in total. The van der Waals surface area contributed by atoms with Crippen molar-refractivity contribution in [3.63, 3.8) is 0 Å². The highest BCUT2D eigenvalue weighted by molar-refractivity contribution is 5.93. The highest BCUT2D eigenvalue weighted by atomic mass is 35.5. The van der Waals surface area contributed by atoms with Crippen LogP contribution in [0.5, 0.6) is 0 Å². The molecule has 2 aromatic carbocycles. The number of aromatic nitrogens is 2. The van der Waals surface area contributed by atoms with Crippen LogP contribution in [0.15, 0.2) is 48.5 Å². The first kappa shape index (κ1) is 30.5. The van der Waals surface area contributed by atoms with Crippen molar-refractivity contribution >= 4 is 69.4 Å². The largest absolute Gasteiger partial charge is 0.384 e. The number of non-ortho nitro benzene ring substituents is 2. The number of fused-ring (bicyclic) bond motifs is 2. The van der Waals surface area contributed by atoms with E-state index in [4.69, 9.17) is 0 Å². The molecule has 0 saturated carbocycles. The summed E-state index contributed by atoms with van der Waals surface area (Å²) in [6, 6.07) is 13.5. The molecule has 38 heavy (non-hydrogen) atoms. The number of nitro benzene ring substituents is 2. The molecule has 0 aliphatic carbocycles. The van der Waals surface area contributed by atoms with E-state index in [9.17, 15) is 20.2 Å². The van der Waals surface area contributed by atoms with Gasteiger partial charge in [-0.2, -0.15) is 0 Å². The zero-order valence-corrected chi connectivity index (χ0v) is 22.7. The molecule has 2 N–H and O–H groups in total. The van der Waals surface area contributed by atoms with E-state index >= 15 is 0 Å². The highest BCUT2D eigenvalue weighted by Gasteiger charge is 2.11. The standard InChI is InChI=1S/C26H28N6O4.2ClH/c1-17-13-23(21-9-7-19(31(33)34)15-25(21)29-17)27-11-5-3-4-6-12-28-24-14-18(2)30-26-16-20(32(35)36)8-10-22(24)26;;/h7-10,13-16H,3-6,11-12H2,1-2H3,(H,27,29)(H,28,30);2*1H. The fourth-order valence-electron chi connectivity index (χ4n) is 4.27. The molecule has 0 bridgehead atoms. The third-order valence-corrected chi connectivity index (χ3v) is 6.00. The first-order chi connectivity index (χ1) is 17.3. The summed E-state index contributed by atoms with van der Waals surface area (Å²) in [5, 5.41) is 30.8. The number of unbranched alkanes of at least 4 members (excludes halogenated alkanes) is 3. The van der Waals surface area contributed by atoms with E-state index < -0.39 is 9.85 Å². The second-order valence-electron chi connectivity index (χ2n) is 8.81. The summed E-state index contributed by atoms with van der Waals surface area (Å²) >= 11 is 0. The van der Waals surface area contributed by atoms with Gasteiger partial charge >= 0.3 is 0 Å². The molecule has 0 aliphatic rings. The van der Waals surface area contributed by atoms with Gasteiger partial charge in [-0.05, 0) is 51.0 Å². The molecule has 0 amide bonds. The molecule has 4 aromatic rings. The lowest BCUT2D eigenvalue weighted by Gasteiger charge is -2.12. The van der Waals surface area contributed by atoms with Gasteiger partial charge in [0.2, 0.25) is 0 Å². The van der Waals surface area contributed by atoms with Gasteiger partial charge in [0.15, 0.2) is 0 Å². The first-order valence-corrected chi connectivity index (χ1v) is 11.9. The average Bonchev–Trinajstić information content (AvgIpc) is 2.84. The van der Waals surface area contributed by atoms with Crippen molar-refractivity contribution in [3.8, 4) is 0 Å². The Morgan fingerprint density at radius 2 is 1.05 bits per heavy atom. The quantitative estimate of drug-likeness (QED) is 0.112. The van der Waals surface area contributed by atoms with E-state index in [1.54, 1.807) is 12.1 Å². The van der Waals surface area contributed by atoms with Crippen molar-refractivity contribution in [1.82, 2.24) is 9.97 Å². The van der Waals surface area contributed by atoms with Gasteiger partial charge in [0.25, 0.3) is 11.4 Å². The lowest BCUT2D eigenvalue weighted by molar-refractivity contribution is -0.384. The lowest BCUT2D eigenvalue weighted by Crippen LogP contribution is -2.05. The maximum atomic E-state index is 11.1. The Morgan fingerprint density at radius 3 is 1.42 bits per heavy atom. The molecule has 0 aliphatic heterocycles. The van der Waals surface area contributed by atoms with Gasteiger partial charge in [-0.15, -0.1) is 24.8 Å². The first-order valence-electron chi connectivity index (χ1n) is 11.9. The molecule has 0 spiro atoms. The van der Waals surface area contributed by atoms with Gasteiger partial charge in [0, 0.05) is 70.9 Å². The molecule has 0 atom stereocenters. The Balaban J connectivity index is 0.00000253. The van der Waals surface area contributed by atoms with Crippen LogP contribution in [0.2, 0.25) is 0 Å². The predicted octanol–water partition coefficient (Wildman–Crippen LogP) is 7.14. The maximum Gasteiger partial charge on any atom is 0.271 e. The second-order valence-corrected chi connectivity index (χ2v) is 8.81. The third-order valence-electron chi connectivity index (χ3n) is 6.00. The van der Waals surface area contributed by atoms with Gasteiger partial charge in [-0.1, -0.05) is 12.8 Å². The minimum atomic E-state index is -0.407. The van der Waals surface area contributed by atoms with Gasteiger partial charge in [-0.25, -0.2) is 0 Å². The lowest BCUT2D eigenvalue weighted by atomic mass is 10.1. The van der Waals surface area contributed by atoms with Crippen LogP contribution < -0.4 is 10.6 Å². The van der Waals surface area contributed by atoms with Crippen molar-refractivity contribution in [3.05, 3.63) is 80.1 Å². The molecule has 12 heteroatoms. The molecular formula is C26H30Cl2N6O4. The van der Waals surface area contributed by atoms with E-state index in [2.05, 4.69) is 20.6 Å². The molecule has 0 fully saturated rings. The normalized spacial score (nSPS) is 10.5. The molecule has 0 saturated heterocycles. The van der Waals surface area contributed by atoms with Crippen molar-refractivity contribution < 1.29 is 9.85 Å². The number of nitrogens with one attached hydrogen (secondary N) is 2. The monoisotopic (exact) mass is 560 g/mol. The topological polar surface area (TPSA) is 136 Å². The number of nitrogens with zero attached hydrogens (tertiary/aromatic N) is 4. The summed E-state index contributed by atoms with van der Waals surface area (Å²) in [5.74, 6) is 0. The summed E-state index contributed by atoms with van der Waals surface area (Å²) in [6.45, 7) is 5.36. The fourth-order valence-corrected chi connectivity index (χ4v) is 4.27. The number of rotatable bonds is 11. The van der Waals surface area contributed by atoms with Crippen LogP contribution in [0.4, 0.5) is 22.7 Å². The number of halogens is 2. The maximum absolute atomic E-state index is 11.1.